The van der Waals surface area contributed by atoms with Crippen molar-refractivity contribution in [3.8, 4) is 0 Å². The van der Waals surface area contributed by atoms with Crippen LogP contribution in [-0.2, 0) is 9.59 Å². The number of hydrogen-bond acceptors (Lipinski definition) is 6. The van der Waals surface area contributed by atoms with Gasteiger partial charge in [0.05, 0.1) is 0 Å². The second-order valence-corrected chi connectivity index (χ2v) is 1.03. The van der Waals surface area contributed by atoms with E-state index in [0.29, 0.717) is 0 Å². The van der Waals surface area contributed by atoms with Gasteiger partial charge in [-0.2, -0.15) is 0 Å². The van der Waals surface area contributed by atoms with Crippen molar-refractivity contribution >= 4 is 29.5 Å². The number of aliphatic carboxylic acids is 2. The monoisotopic (exact) mass is 258 g/mol. The van der Waals surface area contributed by atoms with Gasteiger partial charge in [-0.05, 0) is 0 Å². The van der Waals surface area contributed by atoms with Crippen LogP contribution in [0.15, 0.2) is 0 Å². The molecule has 0 aromatic rings. The Bertz CT molecular complexity index is 101. The predicted molar refractivity (Wildman–Crippen MR) is 32.7 cm³/mol. The molecule has 0 spiro atoms. The van der Waals surface area contributed by atoms with E-state index in [4.69, 9.17) is 30.0 Å². The van der Waals surface area contributed by atoms with Crippen LogP contribution < -0.4 is 20.4 Å². The molecule has 0 aliphatic rings. The Kier molecular flexibility index (Phi) is 51.0. The maximum atomic E-state index is 8.97. The Labute approximate surface area is 84.4 Å². The van der Waals surface area contributed by atoms with Gasteiger partial charge in [0, 0.05) is 29.5 Å². The quantitative estimate of drug-likeness (QED) is 0.440. The summed E-state index contributed by atoms with van der Waals surface area (Å²) in [6.45, 7) is -2.28. The molecule has 8 nitrogen and oxygen atoms in total. The largest absolute Gasteiger partial charge is 0.850 e. The molecule has 0 amide bonds. The number of carbonyl (C=O) groups is 2. The summed E-state index contributed by atoms with van der Waals surface area (Å²) in [6, 6.07) is 0. The van der Waals surface area contributed by atoms with Gasteiger partial charge < -0.3 is 41.0 Å². The van der Waals surface area contributed by atoms with E-state index in [1.54, 1.807) is 0 Å². The van der Waals surface area contributed by atoms with Crippen LogP contribution in [0, 0.1) is 0 Å². The van der Waals surface area contributed by atoms with Crippen molar-refractivity contribution in [3.63, 3.8) is 0 Å². The van der Waals surface area contributed by atoms with Gasteiger partial charge in [0.15, 0.2) is 0 Å². The molecule has 4 radical (unpaired) electrons. The van der Waals surface area contributed by atoms with Gasteiger partial charge >= 0.3 is 0 Å². The van der Waals surface area contributed by atoms with Crippen molar-refractivity contribution in [2.24, 2.45) is 0 Å². The fraction of sp³-hybridized carbons (Fsp3) is 0.500. The molecule has 0 aromatic carbocycles. The van der Waals surface area contributed by atoms with E-state index in [1.165, 1.54) is 0 Å². The van der Waals surface area contributed by atoms with E-state index < -0.39 is 25.2 Å². The molecule has 0 bridgehead atoms. The van der Waals surface area contributed by atoms with Gasteiger partial charge in [-0.1, -0.05) is 13.2 Å². The third kappa shape index (κ3) is 89.1. The molecule has 0 aliphatic heterocycles. The first kappa shape index (κ1) is 29.5. The minimum absolute atomic E-state index is 0. The predicted octanol–water partition coefficient (Wildman–Crippen LogP) is -7.84. The molecule has 4 N–H and O–H groups in total. The van der Waals surface area contributed by atoms with Crippen LogP contribution in [0.5, 0.6) is 0 Å². The topological polar surface area (TPSA) is 189 Å². The molecule has 0 saturated carbocycles. The minimum Gasteiger partial charge on any atom is -0.850 e. The van der Waals surface area contributed by atoms with Crippen molar-refractivity contribution in [1.29, 1.82) is 0 Å². The summed E-state index contributed by atoms with van der Waals surface area (Å²) >= 11 is 0. The van der Waals surface area contributed by atoms with Gasteiger partial charge in [-0.3, -0.25) is 0 Å². The Balaban J connectivity index is -0.0000000267. The Morgan fingerprint density at radius 2 is 0.923 bits per heavy atom. The van der Waals surface area contributed by atoms with Crippen LogP contribution in [0.4, 0.5) is 0 Å². The van der Waals surface area contributed by atoms with Crippen molar-refractivity contribution in [1.82, 2.24) is 0 Å². The number of carbonyl (C=O) groups excluding carboxylic acids is 2. The average molecular weight is 257 g/mol. The molecule has 0 aromatic heterocycles. The molecule has 0 rings (SSSR count). The summed E-state index contributed by atoms with van der Waals surface area (Å²) in [4.78, 5) is 17.9. The molecule has 80 valence electrons. The molecule has 0 saturated heterocycles. The smallest absolute Gasteiger partial charge is 0.0247 e. The molecule has 9 heteroatoms. The Morgan fingerprint density at radius 3 is 0.923 bits per heavy atom. The van der Waals surface area contributed by atoms with E-state index in [0.717, 1.165) is 0 Å². The van der Waals surface area contributed by atoms with Crippen LogP contribution in [0.2, 0.25) is 0 Å². The molecule has 13 heavy (non-hydrogen) atoms. The molecule has 0 aliphatic carbocycles. The van der Waals surface area contributed by atoms with Gasteiger partial charge in [0.25, 0.3) is 0 Å². The summed E-state index contributed by atoms with van der Waals surface area (Å²) in [5, 5.41) is 35.8. The molecule has 0 unspecified atom stereocenters. The Morgan fingerprint density at radius 1 is 0.846 bits per heavy atom. The number of carboxylic acid groups (broad SMARTS) is 2. The average Bonchev–Trinajstić information content (AvgIpc) is 1.89. The number of rotatable bonds is 2. The van der Waals surface area contributed by atoms with E-state index in [9.17, 15) is 0 Å². The summed E-state index contributed by atoms with van der Waals surface area (Å²) in [5.41, 5.74) is 0. The van der Waals surface area contributed by atoms with Crippen LogP contribution in [0.1, 0.15) is 0 Å². The molecule has 0 atom stereocenters. The zero-order valence-corrected chi connectivity index (χ0v) is 8.46. The van der Waals surface area contributed by atoms with Gasteiger partial charge in [0.2, 0.25) is 0 Å². The third-order valence-electron chi connectivity index (χ3n) is 0.236. The number of hydrogen-bond donors (Lipinski definition) is 0. The molecular weight excluding hydrogens is 249 g/mol. The fourth-order valence-electron chi connectivity index (χ4n) is 0. The Hall–Kier alpha value is -0.677. The third-order valence-corrected chi connectivity index (χ3v) is 0.236. The standard InChI is InChI=1S/2C2H3O3.Ge.2H2O/c2*3-1-2(4)5;;;/h2*1H2,(H,4,5);;2*1H2/q2*-1;;;/p-2. The second kappa shape index (κ2) is 22.5. The fourth-order valence-corrected chi connectivity index (χ4v) is 0. The van der Waals surface area contributed by atoms with Gasteiger partial charge in [0.1, 0.15) is 0 Å². The second-order valence-electron chi connectivity index (χ2n) is 1.03. The van der Waals surface area contributed by atoms with Crippen molar-refractivity contribution in [3.05, 3.63) is 0 Å². The molecule has 0 fully saturated rings. The van der Waals surface area contributed by atoms with E-state index in [-0.39, 0.29) is 28.5 Å². The maximum Gasteiger partial charge on any atom is 0.0247 e. The first-order valence-corrected chi connectivity index (χ1v) is 2.10. The summed E-state index contributed by atoms with van der Waals surface area (Å²) in [6.07, 6.45) is 0. The number of carboxylic acids is 2. The summed E-state index contributed by atoms with van der Waals surface area (Å²) < 4.78 is 0. The first-order chi connectivity index (χ1) is 4.54. The first-order valence-electron chi connectivity index (χ1n) is 2.10. The van der Waals surface area contributed by atoms with Crippen molar-refractivity contribution < 1.29 is 41.0 Å². The SMILES string of the molecule is O.O.O=C([O-])C[O-].O=C([O-])C[O-].[Ge]. The van der Waals surface area contributed by atoms with Crippen molar-refractivity contribution in [2.45, 2.75) is 0 Å². The van der Waals surface area contributed by atoms with Crippen LogP contribution >= 0.6 is 0 Å². The summed E-state index contributed by atoms with van der Waals surface area (Å²) in [5.74, 6) is -3.10. The normalized spacial score (nSPS) is 5.69. The van der Waals surface area contributed by atoms with Crippen molar-refractivity contribution in [2.75, 3.05) is 13.2 Å². The van der Waals surface area contributed by atoms with E-state index >= 15 is 0 Å². The van der Waals surface area contributed by atoms with Crippen LogP contribution in [0.25, 0.3) is 0 Å². The zero-order chi connectivity index (χ0) is 8.57. The summed E-state index contributed by atoms with van der Waals surface area (Å²) in [7, 11) is 0. The van der Waals surface area contributed by atoms with Gasteiger partial charge in [-0.25, -0.2) is 0 Å². The van der Waals surface area contributed by atoms with Crippen LogP contribution in [-0.4, -0.2) is 53.7 Å². The van der Waals surface area contributed by atoms with E-state index in [1.807, 2.05) is 0 Å². The maximum absolute atomic E-state index is 8.97. The van der Waals surface area contributed by atoms with E-state index in [2.05, 4.69) is 0 Å². The van der Waals surface area contributed by atoms with Crippen LogP contribution in [0.3, 0.4) is 0 Å². The molecule has 0 heterocycles. The molecular formula is C4H8GeO8-4. The minimum atomic E-state index is -1.55. The van der Waals surface area contributed by atoms with Gasteiger partial charge in [-0.15, -0.1) is 0 Å². The zero-order valence-electron chi connectivity index (χ0n) is 6.36.